The first kappa shape index (κ1) is 26.9. The van der Waals surface area contributed by atoms with E-state index in [-0.39, 0.29) is 30.9 Å². The van der Waals surface area contributed by atoms with Gasteiger partial charge in [-0.2, -0.15) is 0 Å². The summed E-state index contributed by atoms with van der Waals surface area (Å²) in [5.74, 6) is 0.527. The largest absolute Gasteiger partial charge is 0.455 e. The fraction of sp³-hybridized carbons (Fsp3) is 0.400. The normalized spacial score (nSPS) is 18.1. The minimum absolute atomic E-state index is 0.0294. The van der Waals surface area contributed by atoms with Crippen LogP contribution >= 0.6 is 0 Å². The maximum absolute atomic E-state index is 13.4. The molecule has 2 fully saturated rings. The summed E-state index contributed by atoms with van der Waals surface area (Å²) in [6.07, 6.45) is 3.14. The third-order valence-corrected chi connectivity index (χ3v) is 7.13. The van der Waals surface area contributed by atoms with Gasteiger partial charge in [0.05, 0.1) is 24.9 Å². The lowest BCUT2D eigenvalue weighted by Crippen LogP contribution is -2.50. The maximum atomic E-state index is 13.4. The van der Waals surface area contributed by atoms with Crippen LogP contribution in [0.2, 0.25) is 0 Å². The van der Waals surface area contributed by atoms with Gasteiger partial charge in [0.1, 0.15) is 12.4 Å². The molecule has 0 bridgehead atoms. The molecule has 39 heavy (non-hydrogen) atoms. The summed E-state index contributed by atoms with van der Waals surface area (Å²) < 4.78 is 11.4. The van der Waals surface area contributed by atoms with Crippen LogP contribution < -0.4 is 10.3 Å². The number of furan rings is 1. The number of carbonyl (C=O) groups is 2. The molecule has 1 unspecified atom stereocenters. The first-order valence-corrected chi connectivity index (χ1v) is 13.7. The third kappa shape index (κ3) is 6.86. The number of likely N-dealkylation sites (tertiary alicyclic amines) is 1. The van der Waals surface area contributed by atoms with E-state index in [0.29, 0.717) is 18.8 Å². The number of β-amino-alcohol motifs (C(OH)–C–C–N with tert-alkyl or cyclic N) is 1. The highest BCUT2D eigenvalue weighted by Gasteiger charge is 2.28. The van der Waals surface area contributed by atoms with Crippen molar-refractivity contribution in [3.63, 3.8) is 0 Å². The molecule has 0 saturated carbocycles. The molecule has 2 aliphatic heterocycles. The second-order valence-electron chi connectivity index (χ2n) is 10.0. The Hall–Kier alpha value is -3.66. The minimum atomic E-state index is -0.470. The molecule has 0 radical (unpaired) electrons. The smallest absolute Gasteiger partial charge is 0.429 e. The summed E-state index contributed by atoms with van der Waals surface area (Å²) in [7, 11) is 0. The zero-order valence-electron chi connectivity index (χ0n) is 22.1. The number of amides is 2. The van der Waals surface area contributed by atoms with Crippen LogP contribution in [0.15, 0.2) is 71.1 Å². The summed E-state index contributed by atoms with van der Waals surface area (Å²) in [6, 6.07) is 21.3. The van der Waals surface area contributed by atoms with Gasteiger partial charge in [-0.05, 0) is 43.0 Å². The Bertz CT molecular complexity index is 1240. The van der Waals surface area contributed by atoms with Gasteiger partial charge in [0, 0.05) is 31.7 Å². The number of benzene rings is 2. The fourth-order valence-corrected chi connectivity index (χ4v) is 5.18. The van der Waals surface area contributed by atoms with Crippen LogP contribution in [0, 0.1) is 0 Å². The molecule has 2 aromatic carbocycles. The van der Waals surface area contributed by atoms with Gasteiger partial charge in [-0.15, -0.1) is 0 Å². The molecule has 2 amide bonds. The molecule has 1 atom stereocenters. The van der Waals surface area contributed by atoms with E-state index in [0.717, 1.165) is 62.1 Å². The lowest BCUT2D eigenvalue weighted by atomic mass is 10.0. The van der Waals surface area contributed by atoms with Crippen molar-refractivity contribution < 1.29 is 23.8 Å². The van der Waals surface area contributed by atoms with Crippen molar-refractivity contribution in [1.82, 2.24) is 15.2 Å². The van der Waals surface area contributed by atoms with Gasteiger partial charge in [0.2, 0.25) is 0 Å². The first-order valence-electron chi connectivity index (χ1n) is 13.7. The Morgan fingerprint density at radius 1 is 0.974 bits per heavy atom. The summed E-state index contributed by atoms with van der Waals surface area (Å²) in [5.41, 5.74) is 2.74. The van der Waals surface area contributed by atoms with Crippen LogP contribution in [0.3, 0.4) is 0 Å². The number of anilines is 1. The van der Waals surface area contributed by atoms with E-state index in [1.807, 2.05) is 54.6 Å². The molecule has 2 N–H and O–H groups in total. The molecule has 0 aliphatic carbocycles. The number of hydrogen-bond acceptors (Lipinski definition) is 7. The lowest BCUT2D eigenvalue weighted by molar-refractivity contribution is 0.0896. The van der Waals surface area contributed by atoms with Crippen LogP contribution in [0.4, 0.5) is 10.5 Å². The minimum Gasteiger partial charge on any atom is -0.455 e. The molecule has 1 aromatic heterocycles. The van der Waals surface area contributed by atoms with Crippen molar-refractivity contribution in [3.8, 4) is 11.1 Å². The van der Waals surface area contributed by atoms with Crippen LogP contribution in [-0.4, -0.2) is 72.5 Å². The van der Waals surface area contributed by atoms with E-state index in [1.165, 1.54) is 0 Å². The molecule has 2 saturated heterocycles. The van der Waals surface area contributed by atoms with E-state index in [2.05, 4.69) is 15.2 Å². The summed E-state index contributed by atoms with van der Waals surface area (Å²) in [4.78, 5) is 28.1. The topological polar surface area (TPSA) is 98.5 Å². The highest BCUT2D eigenvalue weighted by Crippen LogP contribution is 2.33. The number of nitrogens with one attached hydrogen (secondary N) is 1. The monoisotopic (exact) mass is 532 g/mol. The number of piperidine rings is 1. The van der Waals surface area contributed by atoms with Crippen molar-refractivity contribution >= 4 is 17.7 Å². The van der Waals surface area contributed by atoms with Crippen molar-refractivity contribution in [2.24, 2.45) is 0 Å². The van der Waals surface area contributed by atoms with E-state index < -0.39 is 6.09 Å². The average Bonchev–Trinajstić information content (AvgIpc) is 3.61. The number of hydrazine groups is 1. The van der Waals surface area contributed by atoms with Gasteiger partial charge in [-0.1, -0.05) is 55.0 Å². The number of hydrogen-bond donors (Lipinski definition) is 2. The van der Waals surface area contributed by atoms with Crippen molar-refractivity contribution in [2.75, 3.05) is 44.3 Å². The molecule has 2 aliphatic rings. The van der Waals surface area contributed by atoms with Gasteiger partial charge in [-0.3, -0.25) is 9.69 Å². The molecule has 3 heterocycles. The van der Waals surface area contributed by atoms with E-state index >= 15 is 0 Å². The molecule has 9 nitrogen and oxygen atoms in total. The standard InChI is InChI=1S/C30H36N4O5/c35-24-15-19-32(21-24)22-25-13-14-28(39-25)29(36)31-16-20-38-30(37)34(33-17-7-2-8-18-33)27-12-6-5-11-26(27)23-9-3-1-4-10-23/h1,3-6,9-14,24,35H,2,7-8,15-22H2,(H,31,36). The van der Waals surface area contributed by atoms with Gasteiger partial charge in [0.15, 0.2) is 5.76 Å². The molecular formula is C30H36N4O5. The fourth-order valence-electron chi connectivity index (χ4n) is 5.18. The predicted octanol–water partition coefficient (Wildman–Crippen LogP) is 4.29. The molecule has 0 spiro atoms. The van der Waals surface area contributed by atoms with Crippen LogP contribution in [-0.2, 0) is 11.3 Å². The molecule has 5 rings (SSSR count). The SMILES string of the molecule is O=C(NCCOC(=O)N(c1ccccc1-c1ccccc1)N1CCCCC1)c1ccc(CN2CCC(O)C2)o1. The van der Waals surface area contributed by atoms with Crippen molar-refractivity contribution in [1.29, 1.82) is 0 Å². The van der Waals surface area contributed by atoms with Gasteiger partial charge < -0.3 is 19.6 Å². The molecule has 206 valence electrons. The van der Waals surface area contributed by atoms with Crippen LogP contribution in [0.5, 0.6) is 0 Å². The van der Waals surface area contributed by atoms with Gasteiger partial charge in [-0.25, -0.2) is 14.8 Å². The zero-order chi connectivity index (χ0) is 27.0. The Morgan fingerprint density at radius 2 is 1.74 bits per heavy atom. The van der Waals surface area contributed by atoms with E-state index in [4.69, 9.17) is 9.15 Å². The average molecular weight is 533 g/mol. The highest BCUT2D eigenvalue weighted by molar-refractivity contribution is 5.93. The van der Waals surface area contributed by atoms with Gasteiger partial charge >= 0.3 is 6.09 Å². The first-order chi connectivity index (χ1) is 19.1. The summed E-state index contributed by atoms with van der Waals surface area (Å²) in [5, 5.41) is 16.2. The second-order valence-corrected chi connectivity index (χ2v) is 10.0. The second kappa shape index (κ2) is 12.9. The molecule has 3 aromatic rings. The summed E-state index contributed by atoms with van der Waals surface area (Å²) >= 11 is 0. The number of para-hydroxylation sites is 1. The number of aliphatic hydroxyl groups excluding tert-OH is 1. The third-order valence-electron chi connectivity index (χ3n) is 7.13. The molecular weight excluding hydrogens is 496 g/mol. The molecule has 9 heteroatoms. The van der Waals surface area contributed by atoms with Crippen LogP contribution in [0.25, 0.3) is 11.1 Å². The quantitative estimate of drug-likeness (QED) is 0.397. The zero-order valence-corrected chi connectivity index (χ0v) is 22.1. The van der Waals surface area contributed by atoms with Crippen LogP contribution in [0.1, 0.15) is 42.0 Å². The van der Waals surface area contributed by atoms with Gasteiger partial charge in [0.25, 0.3) is 5.91 Å². The van der Waals surface area contributed by atoms with E-state index in [1.54, 1.807) is 17.1 Å². The lowest BCUT2D eigenvalue weighted by Gasteiger charge is -2.37. The van der Waals surface area contributed by atoms with E-state index in [9.17, 15) is 14.7 Å². The maximum Gasteiger partial charge on any atom is 0.429 e. The number of ether oxygens (including phenoxy) is 1. The van der Waals surface area contributed by atoms with Crippen molar-refractivity contribution in [2.45, 2.75) is 38.3 Å². The Kier molecular flexibility index (Phi) is 8.93. The Balaban J connectivity index is 1.19. The Labute approximate surface area is 228 Å². The van der Waals surface area contributed by atoms with Crippen molar-refractivity contribution in [3.05, 3.63) is 78.3 Å². The predicted molar refractivity (Wildman–Crippen MR) is 148 cm³/mol. The summed E-state index contributed by atoms with van der Waals surface area (Å²) in [6.45, 7) is 3.70. The highest BCUT2D eigenvalue weighted by atomic mass is 16.6. The number of aliphatic hydroxyl groups is 1. The Morgan fingerprint density at radius 3 is 2.51 bits per heavy atom. The number of nitrogens with zero attached hydrogens (tertiary/aromatic N) is 3. The number of carbonyl (C=O) groups excluding carboxylic acids is 2. The number of rotatable bonds is 9.